The van der Waals surface area contributed by atoms with E-state index in [0.29, 0.717) is 19.6 Å². The summed E-state index contributed by atoms with van der Waals surface area (Å²) in [6.45, 7) is 7.43. The number of urea groups is 1. The van der Waals surface area contributed by atoms with E-state index in [9.17, 15) is 14.0 Å². The Bertz CT molecular complexity index is 1170. The predicted molar refractivity (Wildman–Crippen MR) is 131 cm³/mol. The lowest BCUT2D eigenvalue weighted by Gasteiger charge is -2.38. The van der Waals surface area contributed by atoms with E-state index in [2.05, 4.69) is 9.88 Å². The molecule has 2 aromatic carbocycles. The lowest BCUT2D eigenvalue weighted by Crippen LogP contribution is -2.49. The molecule has 1 N–H and O–H groups in total. The molecule has 1 aromatic heterocycles. The largest absolute Gasteiger partial charge is 0.348 e. The molecule has 0 bridgehead atoms. The number of fused-ring (bicyclic) bond motifs is 1. The highest BCUT2D eigenvalue weighted by molar-refractivity contribution is 5.93. The molecule has 0 radical (unpaired) electrons. The number of rotatable bonds is 6. The molecule has 1 atom stereocenters. The van der Waals surface area contributed by atoms with Gasteiger partial charge in [0.15, 0.2) is 0 Å². The maximum absolute atomic E-state index is 14.1. The van der Waals surface area contributed by atoms with E-state index >= 15 is 0 Å². The Morgan fingerprint density at radius 3 is 2.50 bits per heavy atom. The number of carbonyl (C=O) groups is 2. The molecule has 34 heavy (non-hydrogen) atoms. The Labute approximate surface area is 200 Å². The standard InChI is InChI=1S/C27H31FN4O2/c1-4-13-31(27(34)29-25-19(2)8-5-9-20(25)3)18-24(33)32-16-15-30-14-7-12-23(30)26(32)21-10-6-11-22(28)17-21/h5-12,14,17,26H,4,13,15-16,18H2,1-3H3,(H,29,34)/t26-/m1/s1. The number of anilines is 1. The molecule has 0 saturated carbocycles. The second-order valence-corrected chi connectivity index (χ2v) is 8.79. The van der Waals surface area contributed by atoms with Crippen molar-refractivity contribution in [3.8, 4) is 0 Å². The SMILES string of the molecule is CCCN(CC(=O)N1CCn2cccc2[C@H]1c1cccc(F)c1)C(=O)Nc1c(C)cccc1C. The zero-order chi connectivity index (χ0) is 24.2. The van der Waals surface area contributed by atoms with Crippen LogP contribution in [0.5, 0.6) is 0 Å². The van der Waals surface area contributed by atoms with Crippen LogP contribution in [0.1, 0.15) is 41.8 Å². The number of hydrogen-bond donors (Lipinski definition) is 1. The molecule has 2 heterocycles. The highest BCUT2D eigenvalue weighted by atomic mass is 19.1. The summed E-state index contributed by atoms with van der Waals surface area (Å²) in [6, 6.07) is 15.4. The van der Waals surface area contributed by atoms with Gasteiger partial charge in [0.1, 0.15) is 12.4 Å². The number of amides is 3. The summed E-state index contributed by atoms with van der Waals surface area (Å²) >= 11 is 0. The van der Waals surface area contributed by atoms with Crippen LogP contribution in [-0.4, -0.2) is 45.9 Å². The van der Waals surface area contributed by atoms with E-state index in [1.54, 1.807) is 15.9 Å². The summed E-state index contributed by atoms with van der Waals surface area (Å²) in [5, 5.41) is 3.00. The maximum atomic E-state index is 14.1. The van der Waals surface area contributed by atoms with Crippen molar-refractivity contribution < 1.29 is 14.0 Å². The number of halogens is 1. The minimum Gasteiger partial charge on any atom is -0.348 e. The minimum atomic E-state index is -0.405. The third-order valence-electron chi connectivity index (χ3n) is 6.34. The van der Waals surface area contributed by atoms with Gasteiger partial charge in [-0.05, 0) is 61.2 Å². The molecule has 3 aromatic rings. The van der Waals surface area contributed by atoms with Gasteiger partial charge in [0.25, 0.3) is 0 Å². The van der Waals surface area contributed by atoms with Gasteiger partial charge >= 0.3 is 6.03 Å². The number of nitrogens with one attached hydrogen (secondary N) is 1. The smallest absolute Gasteiger partial charge is 0.322 e. The highest BCUT2D eigenvalue weighted by Crippen LogP contribution is 2.33. The molecule has 0 spiro atoms. The van der Waals surface area contributed by atoms with Gasteiger partial charge < -0.3 is 19.7 Å². The van der Waals surface area contributed by atoms with Crippen LogP contribution in [0.15, 0.2) is 60.8 Å². The van der Waals surface area contributed by atoms with Crippen LogP contribution in [-0.2, 0) is 11.3 Å². The average molecular weight is 463 g/mol. The minimum absolute atomic E-state index is 0.0445. The zero-order valence-corrected chi connectivity index (χ0v) is 19.9. The average Bonchev–Trinajstić information content (AvgIpc) is 3.29. The monoisotopic (exact) mass is 462 g/mol. The van der Waals surface area contributed by atoms with Gasteiger partial charge in [0.2, 0.25) is 5.91 Å². The normalized spacial score (nSPS) is 15.1. The second kappa shape index (κ2) is 10.1. The molecule has 1 aliphatic heterocycles. The second-order valence-electron chi connectivity index (χ2n) is 8.79. The van der Waals surface area contributed by atoms with Crippen LogP contribution < -0.4 is 5.32 Å². The maximum Gasteiger partial charge on any atom is 0.322 e. The number of aromatic nitrogens is 1. The van der Waals surface area contributed by atoms with Crippen molar-refractivity contribution in [2.24, 2.45) is 0 Å². The Kier molecular flexibility index (Phi) is 7.01. The van der Waals surface area contributed by atoms with Crippen LogP contribution in [0.25, 0.3) is 0 Å². The fourth-order valence-corrected chi connectivity index (χ4v) is 4.65. The van der Waals surface area contributed by atoms with Crippen molar-refractivity contribution >= 4 is 17.6 Å². The van der Waals surface area contributed by atoms with Gasteiger partial charge in [-0.1, -0.05) is 37.3 Å². The molecule has 0 unspecified atom stereocenters. The summed E-state index contributed by atoms with van der Waals surface area (Å²) in [5.41, 5.74) is 4.37. The van der Waals surface area contributed by atoms with Crippen molar-refractivity contribution in [2.45, 2.75) is 39.8 Å². The van der Waals surface area contributed by atoms with Gasteiger partial charge in [-0.2, -0.15) is 0 Å². The fourth-order valence-electron chi connectivity index (χ4n) is 4.65. The topological polar surface area (TPSA) is 57.6 Å². The highest BCUT2D eigenvalue weighted by Gasteiger charge is 2.33. The van der Waals surface area contributed by atoms with Crippen molar-refractivity contribution in [2.75, 3.05) is 25.0 Å². The summed E-state index contributed by atoms with van der Waals surface area (Å²) < 4.78 is 16.2. The van der Waals surface area contributed by atoms with Gasteiger partial charge in [0, 0.05) is 37.2 Å². The first-order valence-corrected chi connectivity index (χ1v) is 11.7. The summed E-state index contributed by atoms with van der Waals surface area (Å²) in [7, 11) is 0. The number of para-hydroxylation sites is 1. The van der Waals surface area contributed by atoms with Crippen LogP contribution in [0.4, 0.5) is 14.9 Å². The first-order valence-electron chi connectivity index (χ1n) is 11.7. The lowest BCUT2D eigenvalue weighted by molar-refractivity contribution is -0.134. The number of aryl methyl sites for hydroxylation is 2. The van der Waals surface area contributed by atoms with Crippen molar-refractivity contribution in [3.63, 3.8) is 0 Å². The first kappa shape index (κ1) is 23.5. The summed E-state index contributed by atoms with van der Waals surface area (Å²) in [4.78, 5) is 30.1. The third-order valence-corrected chi connectivity index (χ3v) is 6.34. The Hall–Kier alpha value is -3.61. The number of carbonyl (C=O) groups excluding carboxylic acids is 2. The van der Waals surface area contributed by atoms with E-state index in [1.807, 2.05) is 63.4 Å². The number of nitrogens with zero attached hydrogens (tertiary/aromatic N) is 3. The molecule has 0 saturated heterocycles. The zero-order valence-electron chi connectivity index (χ0n) is 19.9. The van der Waals surface area contributed by atoms with Crippen LogP contribution in [0.3, 0.4) is 0 Å². The Balaban J connectivity index is 1.57. The molecule has 1 aliphatic rings. The molecule has 0 fully saturated rings. The van der Waals surface area contributed by atoms with E-state index in [1.165, 1.54) is 12.1 Å². The predicted octanol–water partition coefficient (Wildman–Crippen LogP) is 5.12. The van der Waals surface area contributed by atoms with Gasteiger partial charge in [-0.3, -0.25) is 4.79 Å². The fraction of sp³-hybridized carbons (Fsp3) is 0.333. The molecular weight excluding hydrogens is 431 g/mol. The number of hydrogen-bond acceptors (Lipinski definition) is 2. The quantitative estimate of drug-likeness (QED) is 0.553. The van der Waals surface area contributed by atoms with Gasteiger partial charge in [-0.15, -0.1) is 0 Å². The van der Waals surface area contributed by atoms with E-state index in [-0.39, 0.29) is 24.3 Å². The molecule has 6 nitrogen and oxygen atoms in total. The summed E-state index contributed by atoms with van der Waals surface area (Å²) in [5.74, 6) is -0.499. The molecule has 0 aliphatic carbocycles. The lowest BCUT2D eigenvalue weighted by atomic mass is 9.99. The molecule has 4 rings (SSSR count). The van der Waals surface area contributed by atoms with Crippen LogP contribution in [0, 0.1) is 19.7 Å². The van der Waals surface area contributed by atoms with Gasteiger partial charge in [0.05, 0.1) is 6.04 Å². The Morgan fingerprint density at radius 2 is 1.79 bits per heavy atom. The van der Waals surface area contributed by atoms with Crippen molar-refractivity contribution in [3.05, 3.63) is 89.0 Å². The third kappa shape index (κ3) is 4.83. The molecule has 178 valence electrons. The first-order chi connectivity index (χ1) is 16.4. The van der Waals surface area contributed by atoms with E-state index in [4.69, 9.17) is 0 Å². The van der Waals surface area contributed by atoms with E-state index < -0.39 is 6.04 Å². The molecule has 7 heteroatoms. The van der Waals surface area contributed by atoms with Crippen LogP contribution in [0.2, 0.25) is 0 Å². The molecule has 3 amide bonds. The van der Waals surface area contributed by atoms with Gasteiger partial charge in [-0.25, -0.2) is 9.18 Å². The number of benzene rings is 2. The van der Waals surface area contributed by atoms with Crippen LogP contribution >= 0.6 is 0 Å². The Morgan fingerprint density at radius 1 is 1.06 bits per heavy atom. The summed E-state index contributed by atoms with van der Waals surface area (Å²) in [6.07, 6.45) is 2.70. The van der Waals surface area contributed by atoms with Crippen molar-refractivity contribution in [1.29, 1.82) is 0 Å². The molecular formula is C27H31FN4O2. The van der Waals surface area contributed by atoms with E-state index in [0.717, 1.165) is 34.5 Å². The van der Waals surface area contributed by atoms with Crippen molar-refractivity contribution in [1.82, 2.24) is 14.4 Å².